The van der Waals surface area contributed by atoms with Crippen molar-refractivity contribution in [3.63, 3.8) is 0 Å². The van der Waals surface area contributed by atoms with Gasteiger partial charge in [0.05, 0.1) is 5.69 Å². The van der Waals surface area contributed by atoms with Crippen molar-refractivity contribution in [2.75, 3.05) is 25.2 Å². The fraction of sp³-hybridized carbons (Fsp3) is 0.500. The lowest BCUT2D eigenvalue weighted by molar-refractivity contribution is 0.0855. The monoisotopic (exact) mass is 251 g/mol. The Morgan fingerprint density at radius 1 is 1.53 bits per heavy atom. The molecule has 0 aliphatic carbocycles. The zero-order valence-corrected chi connectivity index (χ0v) is 10.7. The van der Waals surface area contributed by atoms with E-state index in [1.165, 1.54) is 0 Å². The third-order valence-electron chi connectivity index (χ3n) is 3.14. The number of nitrogens with zero attached hydrogens (tertiary/aromatic N) is 2. The predicted molar refractivity (Wildman–Crippen MR) is 72.4 cm³/mol. The number of pyridine rings is 1. The smallest absolute Gasteiger partial charge is 0.124 e. The summed E-state index contributed by atoms with van der Waals surface area (Å²) in [5.74, 6) is 0. The van der Waals surface area contributed by atoms with E-state index in [-0.39, 0.29) is 0 Å². The number of rotatable bonds is 3. The number of thiocarbonyl (C=S) groups is 1. The number of hydrogen-bond acceptors (Lipinski definition) is 4. The van der Waals surface area contributed by atoms with Crippen LogP contribution < -0.4 is 10.6 Å². The third-order valence-corrected chi connectivity index (χ3v) is 3.33. The van der Waals surface area contributed by atoms with E-state index in [1.807, 2.05) is 12.1 Å². The largest absolute Gasteiger partial charge is 0.388 e. The molecule has 0 atom stereocenters. The first-order chi connectivity index (χ1) is 8.20. The summed E-state index contributed by atoms with van der Waals surface area (Å²) in [7, 11) is 2.06. The van der Waals surface area contributed by atoms with Crippen molar-refractivity contribution in [2.45, 2.75) is 18.9 Å². The number of nitrogens with two attached hydrogens (primary N) is 1. The van der Waals surface area contributed by atoms with Gasteiger partial charge in [-0.3, -0.25) is 4.98 Å². The highest BCUT2D eigenvalue weighted by Gasteiger charge is 2.21. The second-order valence-electron chi connectivity index (χ2n) is 4.19. The Balaban J connectivity index is 2.23. The lowest BCUT2D eigenvalue weighted by Crippen LogP contribution is -2.37. The number of aromatic nitrogens is 1. The SMILES string of the molecule is CN(c1cccnc1C(N)=S)C1CCOCC1. The van der Waals surface area contributed by atoms with Gasteiger partial charge in [0.25, 0.3) is 0 Å². The predicted octanol–water partition coefficient (Wildman–Crippen LogP) is 1.33. The molecule has 1 fully saturated rings. The molecule has 0 aromatic carbocycles. The highest BCUT2D eigenvalue weighted by atomic mass is 32.1. The van der Waals surface area contributed by atoms with Gasteiger partial charge in [0.1, 0.15) is 10.7 Å². The average Bonchev–Trinajstić information content (AvgIpc) is 2.39. The van der Waals surface area contributed by atoms with Crippen LogP contribution in [-0.2, 0) is 4.74 Å². The van der Waals surface area contributed by atoms with E-state index in [0.29, 0.717) is 16.7 Å². The van der Waals surface area contributed by atoms with E-state index in [2.05, 4.69) is 16.9 Å². The number of anilines is 1. The molecule has 1 saturated heterocycles. The molecule has 0 unspecified atom stereocenters. The van der Waals surface area contributed by atoms with Crippen LogP contribution in [0.4, 0.5) is 5.69 Å². The molecule has 1 aliphatic rings. The summed E-state index contributed by atoms with van der Waals surface area (Å²) >= 11 is 5.03. The van der Waals surface area contributed by atoms with Crippen molar-refractivity contribution in [2.24, 2.45) is 5.73 Å². The van der Waals surface area contributed by atoms with Gasteiger partial charge in [0, 0.05) is 32.5 Å². The summed E-state index contributed by atoms with van der Waals surface area (Å²) in [5.41, 5.74) is 7.41. The molecule has 17 heavy (non-hydrogen) atoms. The highest BCUT2D eigenvalue weighted by molar-refractivity contribution is 7.80. The topological polar surface area (TPSA) is 51.4 Å². The van der Waals surface area contributed by atoms with Crippen LogP contribution in [0.5, 0.6) is 0 Å². The second-order valence-corrected chi connectivity index (χ2v) is 4.63. The molecule has 1 aromatic heterocycles. The van der Waals surface area contributed by atoms with Crippen LogP contribution in [0.3, 0.4) is 0 Å². The van der Waals surface area contributed by atoms with Gasteiger partial charge in [-0.1, -0.05) is 12.2 Å². The summed E-state index contributed by atoms with van der Waals surface area (Å²) in [4.78, 5) is 6.81. The van der Waals surface area contributed by atoms with Crippen LogP contribution in [0.1, 0.15) is 18.5 Å². The fourth-order valence-electron chi connectivity index (χ4n) is 2.14. The molecule has 4 nitrogen and oxygen atoms in total. The summed E-state index contributed by atoms with van der Waals surface area (Å²) in [5, 5.41) is 0. The van der Waals surface area contributed by atoms with E-state index >= 15 is 0 Å². The Bertz CT molecular complexity index is 404. The maximum Gasteiger partial charge on any atom is 0.124 e. The quantitative estimate of drug-likeness (QED) is 0.821. The maximum atomic E-state index is 5.70. The molecule has 0 bridgehead atoms. The molecule has 1 aliphatic heterocycles. The van der Waals surface area contributed by atoms with E-state index in [4.69, 9.17) is 22.7 Å². The van der Waals surface area contributed by atoms with Crippen molar-refractivity contribution >= 4 is 22.9 Å². The second kappa shape index (κ2) is 5.42. The fourth-order valence-corrected chi connectivity index (χ4v) is 2.30. The molecule has 1 aromatic rings. The zero-order chi connectivity index (χ0) is 12.3. The molecule has 92 valence electrons. The first-order valence-electron chi connectivity index (χ1n) is 5.75. The van der Waals surface area contributed by atoms with Crippen molar-refractivity contribution < 1.29 is 4.74 Å². The molecule has 5 heteroatoms. The summed E-state index contributed by atoms with van der Waals surface area (Å²) in [6.07, 6.45) is 3.78. The van der Waals surface area contributed by atoms with Crippen molar-refractivity contribution in [3.05, 3.63) is 24.0 Å². The van der Waals surface area contributed by atoms with Crippen LogP contribution in [-0.4, -0.2) is 36.3 Å². The minimum atomic E-state index is 0.347. The maximum absolute atomic E-state index is 5.70. The molecule has 2 N–H and O–H groups in total. The van der Waals surface area contributed by atoms with E-state index in [0.717, 1.165) is 31.7 Å². The number of hydrogen-bond donors (Lipinski definition) is 1. The number of ether oxygens (including phenoxy) is 1. The average molecular weight is 251 g/mol. The van der Waals surface area contributed by atoms with Gasteiger partial charge in [-0.25, -0.2) is 0 Å². The minimum absolute atomic E-state index is 0.347. The molecule has 0 radical (unpaired) electrons. The van der Waals surface area contributed by atoms with Crippen LogP contribution in [0.25, 0.3) is 0 Å². The minimum Gasteiger partial charge on any atom is -0.388 e. The Hall–Kier alpha value is -1.20. The molecule has 2 heterocycles. The van der Waals surface area contributed by atoms with Gasteiger partial charge in [-0.2, -0.15) is 0 Å². The summed E-state index contributed by atoms with van der Waals surface area (Å²) in [6, 6.07) is 4.39. The van der Waals surface area contributed by atoms with Gasteiger partial charge in [-0.15, -0.1) is 0 Å². The molecule has 0 saturated carbocycles. The van der Waals surface area contributed by atoms with Gasteiger partial charge >= 0.3 is 0 Å². The molecular formula is C12H17N3OS. The Morgan fingerprint density at radius 3 is 2.88 bits per heavy atom. The Morgan fingerprint density at radius 2 is 2.24 bits per heavy atom. The van der Waals surface area contributed by atoms with E-state index in [1.54, 1.807) is 6.20 Å². The van der Waals surface area contributed by atoms with Gasteiger partial charge < -0.3 is 15.4 Å². The van der Waals surface area contributed by atoms with Crippen molar-refractivity contribution in [1.82, 2.24) is 4.98 Å². The molecule has 0 amide bonds. The van der Waals surface area contributed by atoms with Crippen LogP contribution in [0.15, 0.2) is 18.3 Å². The lowest BCUT2D eigenvalue weighted by atomic mass is 10.1. The van der Waals surface area contributed by atoms with Gasteiger partial charge in [0.15, 0.2) is 0 Å². The first kappa shape index (κ1) is 12.3. The summed E-state index contributed by atoms with van der Waals surface area (Å²) < 4.78 is 5.37. The van der Waals surface area contributed by atoms with Crippen molar-refractivity contribution in [3.8, 4) is 0 Å². The lowest BCUT2D eigenvalue weighted by Gasteiger charge is -2.33. The molecular weight excluding hydrogens is 234 g/mol. The third kappa shape index (κ3) is 2.73. The zero-order valence-electron chi connectivity index (χ0n) is 9.93. The normalized spacial score (nSPS) is 16.8. The summed E-state index contributed by atoms with van der Waals surface area (Å²) in [6.45, 7) is 1.63. The Labute approximate surface area is 107 Å². The van der Waals surface area contributed by atoms with Crippen molar-refractivity contribution in [1.29, 1.82) is 0 Å². The van der Waals surface area contributed by atoms with E-state index in [9.17, 15) is 0 Å². The van der Waals surface area contributed by atoms with Crippen LogP contribution in [0.2, 0.25) is 0 Å². The molecule has 2 rings (SSSR count). The Kier molecular flexibility index (Phi) is 3.91. The molecule has 0 spiro atoms. The van der Waals surface area contributed by atoms with E-state index < -0.39 is 0 Å². The van der Waals surface area contributed by atoms with Gasteiger partial charge in [-0.05, 0) is 25.0 Å². The van der Waals surface area contributed by atoms with Crippen LogP contribution >= 0.6 is 12.2 Å². The highest BCUT2D eigenvalue weighted by Crippen LogP contribution is 2.23. The first-order valence-corrected chi connectivity index (χ1v) is 6.16. The standard InChI is InChI=1S/C12H17N3OS/c1-15(9-4-7-16-8-5-9)10-3-2-6-14-11(10)12(13)17/h2-3,6,9H,4-5,7-8H2,1H3,(H2,13,17). The van der Waals surface area contributed by atoms with Gasteiger partial charge in [0.2, 0.25) is 0 Å². The van der Waals surface area contributed by atoms with Crippen LogP contribution in [0, 0.1) is 0 Å².